The van der Waals surface area contributed by atoms with Crippen molar-refractivity contribution in [3.05, 3.63) is 35.9 Å². The lowest BCUT2D eigenvalue weighted by Gasteiger charge is -2.24. The Balaban J connectivity index is 2.44. The molecule has 0 fully saturated rings. The third-order valence-electron chi connectivity index (χ3n) is 3.16. The van der Waals surface area contributed by atoms with E-state index in [9.17, 15) is 4.79 Å². The Labute approximate surface area is 113 Å². The summed E-state index contributed by atoms with van der Waals surface area (Å²) in [5, 5.41) is 11.4. The van der Waals surface area contributed by atoms with Crippen molar-refractivity contribution in [3.63, 3.8) is 0 Å². The van der Waals surface area contributed by atoms with Crippen LogP contribution in [0.5, 0.6) is 0 Å². The fourth-order valence-corrected chi connectivity index (χ4v) is 1.80. The Kier molecular flexibility index (Phi) is 5.85. The Hall–Kier alpha value is -2.04. The Morgan fingerprint density at radius 2 is 2.05 bits per heavy atom. The number of nitrogens with zero attached hydrogens (tertiary/aromatic N) is 2. The number of nitrogens with two attached hydrogens (primary N) is 1. The maximum absolute atomic E-state index is 12.0. The van der Waals surface area contributed by atoms with Gasteiger partial charge in [-0.05, 0) is 18.9 Å². The molecule has 0 saturated heterocycles. The molecule has 5 heteroatoms. The summed E-state index contributed by atoms with van der Waals surface area (Å²) in [6, 6.07) is 9.81. The average molecular weight is 263 g/mol. The van der Waals surface area contributed by atoms with Crippen molar-refractivity contribution >= 4 is 11.7 Å². The van der Waals surface area contributed by atoms with E-state index < -0.39 is 0 Å². The first-order valence-corrected chi connectivity index (χ1v) is 6.30. The minimum absolute atomic E-state index is 0.0575. The van der Waals surface area contributed by atoms with Gasteiger partial charge in [0.15, 0.2) is 0 Å². The van der Waals surface area contributed by atoms with E-state index in [0.29, 0.717) is 12.8 Å². The number of amides is 1. The van der Waals surface area contributed by atoms with Crippen molar-refractivity contribution < 1.29 is 10.0 Å². The molecule has 0 spiro atoms. The minimum Gasteiger partial charge on any atom is -0.409 e. The second-order valence-electron chi connectivity index (χ2n) is 4.63. The standard InChI is InChI=1S/C14H21N3O2/c1-11(10-13(15)16-19)17(2)14(18)9-8-12-6-4-3-5-7-12/h3-7,11,19H,8-10H2,1-2H3,(H2,15,16). The van der Waals surface area contributed by atoms with E-state index >= 15 is 0 Å². The Morgan fingerprint density at radius 1 is 1.42 bits per heavy atom. The summed E-state index contributed by atoms with van der Waals surface area (Å²) in [5.41, 5.74) is 6.59. The molecule has 1 aromatic carbocycles. The molecule has 0 aliphatic rings. The van der Waals surface area contributed by atoms with E-state index in [1.165, 1.54) is 0 Å². The molecule has 19 heavy (non-hydrogen) atoms. The summed E-state index contributed by atoms with van der Waals surface area (Å²) >= 11 is 0. The van der Waals surface area contributed by atoms with Crippen LogP contribution in [0, 0.1) is 0 Å². The first-order chi connectivity index (χ1) is 9.04. The molecule has 0 aliphatic heterocycles. The van der Waals surface area contributed by atoms with Gasteiger partial charge in [0.2, 0.25) is 5.91 Å². The van der Waals surface area contributed by atoms with Crippen LogP contribution in [0.3, 0.4) is 0 Å². The van der Waals surface area contributed by atoms with E-state index in [2.05, 4.69) is 5.16 Å². The number of oxime groups is 1. The fraction of sp³-hybridized carbons (Fsp3) is 0.429. The lowest BCUT2D eigenvalue weighted by Crippen LogP contribution is -2.37. The topological polar surface area (TPSA) is 78.9 Å². The molecule has 104 valence electrons. The summed E-state index contributed by atoms with van der Waals surface area (Å²) in [7, 11) is 1.74. The first-order valence-electron chi connectivity index (χ1n) is 6.30. The van der Waals surface area contributed by atoms with E-state index in [4.69, 9.17) is 10.9 Å². The highest BCUT2D eigenvalue weighted by atomic mass is 16.4. The molecule has 1 aromatic rings. The molecule has 0 heterocycles. The van der Waals surface area contributed by atoms with Crippen molar-refractivity contribution in [2.24, 2.45) is 10.9 Å². The predicted octanol–water partition coefficient (Wildman–Crippen LogP) is 1.60. The van der Waals surface area contributed by atoms with Crippen LogP contribution in [0.2, 0.25) is 0 Å². The number of carbonyl (C=O) groups is 1. The number of carbonyl (C=O) groups excluding carboxylic acids is 1. The molecular formula is C14H21N3O2. The Morgan fingerprint density at radius 3 is 2.63 bits per heavy atom. The zero-order valence-corrected chi connectivity index (χ0v) is 11.4. The second-order valence-corrected chi connectivity index (χ2v) is 4.63. The lowest BCUT2D eigenvalue weighted by atomic mass is 10.1. The van der Waals surface area contributed by atoms with Crippen LogP contribution < -0.4 is 5.73 Å². The molecular weight excluding hydrogens is 242 g/mol. The van der Waals surface area contributed by atoms with Crippen LogP contribution in [0.4, 0.5) is 0 Å². The summed E-state index contributed by atoms with van der Waals surface area (Å²) in [4.78, 5) is 13.7. The summed E-state index contributed by atoms with van der Waals surface area (Å²) in [6.07, 6.45) is 1.55. The lowest BCUT2D eigenvalue weighted by molar-refractivity contribution is -0.131. The molecule has 1 amide bonds. The van der Waals surface area contributed by atoms with Gasteiger partial charge in [-0.25, -0.2) is 0 Å². The number of rotatable bonds is 6. The van der Waals surface area contributed by atoms with E-state index in [1.807, 2.05) is 37.3 Å². The molecule has 1 atom stereocenters. The predicted molar refractivity (Wildman–Crippen MR) is 75.0 cm³/mol. The van der Waals surface area contributed by atoms with Crippen LogP contribution in [-0.4, -0.2) is 34.9 Å². The second kappa shape index (κ2) is 7.41. The Bertz CT molecular complexity index is 432. The van der Waals surface area contributed by atoms with Gasteiger partial charge in [0.25, 0.3) is 0 Å². The van der Waals surface area contributed by atoms with E-state index in [-0.39, 0.29) is 17.8 Å². The fourth-order valence-electron chi connectivity index (χ4n) is 1.80. The van der Waals surface area contributed by atoms with Gasteiger partial charge in [0.05, 0.1) is 0 Å². The molecule has 1 unspecified atom stereocenters. The first kappa shape index (κ1) is 15.0. The highest BCUT2D eigenvalue weighted by Gasteiger charge is 2.16. The normalized spacial score (nSPS) is 13.1. The number of aryl methyl sites for hydroxylation is 1. The summed E-state index contributed by atoms with van der Waals surface area (Å²) in [5.74, 6) is 0.192. The maximum atomic E-state index is 12.0. The van der Waals surface area contributed by atoms with Gasteiger partial charge in [-0.15, -0.1) is 0 Å². The van der Waals surface area contributed by atoms with E-state index in [1.54, 1.807) is 11.9 Å². The quantitative estimate of drug-likeness (QED) is 0.354. The van der Waals surface area contributed by atoms with Crippen LogP contribution >= 0.6 is 0 Å². The maximum Gasteiger partial charge on any atom is 0.222 e. The molecule has 0 bridgehead atoms. The van der Waals surface area contributed by atoms with Crippen molar-refractivity contribution in [3.8, 4) is 0 Å². The van der Waals surface area contributed by atoms with Gasteiger partial charge in [-0.3, -0.25) is 4.79 Å². The van der Waals surface area contributed by atoms with Gasteiger partial charge in [0.1, 0.15) is 5.84 Å². The van der Waals surface area contributed by atoms with Gasteiger partial charge in [-0.2, -0.15) is 0 Å². The van der Waals surface area contributed by atoms with Gasteiger partial charge in [-0.1, -0.05) is 35.5 Å². The third kappa shape index (κ3) is 4.99. The molecule has 0 radical (unpaired) electrons. The molecule has 0 aromatic heterocycles. The van der Waals surface area contributed by atoms with Gasteiger partial charge < -0.3 is 15.8 Å². The van der Waals surface area contributed by atoms with Crippen LogP contribution in [0.15, 0.2) is 35.5 Å². The average Bonchev–Trinajstić information content (AvgIpc) is 2.44. The SMILES string of the molecule is CC(CC(N)=NO)N(C)C(=O)CCc1ccccc1. The number of hydrogen-bond donors (Lipinski definition) is 2. The summed E-state index contributed by atoms with van der Waals surface area (Å²) < 4.78 is 0. The highest BCUT2D eigenvalue weighted by molar-refractivity contribution is 5.81. The van der Waals surface area contributed by atoms with Crippen molar-refractivity contribution in [2.75, 3.05) is 7.05 Å². The number of hydrogen-bond acceptors (Lipinski definition) is 3. The minimum atomic E-state index is -0.0841. The monoisotopic (exact) mass is 263 g/mol. The van der Waals surface area contributed by atoms with Crippen LogP contribution in [-0.2, 0) is 11.2 Å². The van der Waals surface area contributed by atoms with Crippen LogP contribution in [0.1, 0.15) is 25.3 Å². The zero-order chi connectivity index (χ0) is 14.3. The molecule has 5 nitrogen and oxygen atoms in total. The number of amidine groups is 1. The van der Waals surface area contributed by atoms with Crippen molar-refractivity contribution in [1.29, 1.82) is 0 Å². The zero-order valence-electron chi connectivity index (χ0n) is 11.4. The molecule has 0 saturated carbocycles. The summed E-state index contributed by atoms with van der Waals surface area (Å²) in [6.45, 7) is 1.87. The highest BCUT2D eigenvalue weighted by Crippen LogP contribution is 2.07. The molecule has 3 N–H and O–H groups in total. The van der Waals surface area contributed by atoms with E-state index in [0.717, 1.165) is 12.0 Å². The third-order valence-corrected chi connectivity index (χ3v) is 3.16. The van der Waals surface area contributed by atoms with Crippen LogP contribution in [0.25, 0.3) is 0 Å². The molecule has 1 rings (SSSR count). The van der Waals surface area contributed by atoms with Crippen molar-refractivity contribution in [2.45, 2.75) is 32.2 Å². The van der Waals surface area contributed by atoms with Gasteiger partial charge in [0, 0.05) is 25.9 Å². The smallest absolute Gasteiger partial charge is 0.222 e. The van der Waals surface area contributed by atoms with Gasteiger partial charge >= 0.3 is 0 Å². The van der Waals surface area contributed by atoms with Crippen molar-refractivity contribution in [1.82, 2.24) is 4.90 Å². The molecule has 0 aliphatic carbocycles. The largest absolute Gasteiger partial charge is 0.409 e. The number of benzene rings is 1.